The minimum atomic E-state index is 0.150. The van der Waals surface area contributed by atoms with Crippen LogP contribution in [0, 0.1) is 0 Å². The first kappa shape index (κ1) is 15.1. The summed E-state index contributed by atoms with van der Waals surface area (Å²) in [5.74, 6) is 0. The Labute approximate surface area is 113 Å². The van der Waals surface area contributed by atoms with E-state index in [1.807, 2.05) is 0 Å². The molecule has 0 radical (unpaired) electrons. The average molecular weight is 247 g/mol. The van der Waals surface area contributed by atoms with Crippen LogP contribution in [0.3, 0.4) is 0 Å². The third kappa shape index (κ3) is 3.51. The Kier molecular flexibility index (Phi) is 4.15. The molecule has 1 heteroatoms. The summed E-state index contributed by atoms with van der Waals surface area (Å²) in [5, 5.41) is 0. The SMILES string of the molecule is CC(C)N(c1ccc(C(C)(C)C)cc1)C(C)(C)C. The quantitative estimate of drug-likeness (QED) is 0.711. The molecule has 0 unspecified atom stereocenters. The van der Waals surface area contributed by atoms with E-state index < -0.39 is 0 Å². The molecule has 18 heavy (non-hydrogen) atoms. The van der Waals surface area contributed by atoms with Gasteiger partial charge in [0.1, 0.15) is 0 Å². The maximum Gasteiger partial charge on any atom is 0.0373 e. The number of rotatable bonds is 2. The van der Waals surface area contributed by atoms with Gasteiger partial charge in [-0.1, -0.05) is 32.9 Å². The van der Waals surface area contributed by atoms with Gasteiger partial charge in [0.05, 0.1) is 0 Å². The van der Waals surface area contributed by atoms with Gasteiger partial charge in [0.2, 0.25) is 0 Å². The fraction of sp³-hybridized carbons (Fsp3) is 0.647. The van der Waals surface area contributed by atoms with Gasteiger partial charge in [-0.15, -0.1) is 0 Å². The van der Waals surface area contributed by atoms with E-state index >= 15 is 0 Å². The molecule has 1 aromatic carbocycles. The van der Waals surface area contributed by atoms with E-state index in [-0.39, 0.29) is 11.0 Å². The van der Waals surface area contributed by atoms with Crippen molar-refractivity contribution in [2.75, 3.05) is 4.90 Å². The number of hydrogen-bond donors (Lipinski definition) is 0. The van der Waals surface area contributed by atoms with Gasteiger partial charge in [0, 0.05) is 17.3 Å². The van der Waals surface area contributed by atoms with Crippen LogP contribution in [0.5, 0.6) is 0 Å². The molecule has 0 aliphatic carbocycles. The average Bonchev–Trinajstić information content (AvgIpc) is 2.13. The highest BCUT2D eigenvalue weighted by Crippen LogP contribution is 2.29. The van der Waals surface area contributed by atoms with Crippen molar-refractivity contribution in [1.82, 2.24) is 0 Å². The van der Waals surface area contributed by atoms with Gasteiger partial charge < -0.3 is 4.90 Å². The zero-order valence-electron chi connectivity index (χ0n) is 13.3. The molecule has 0 N–H and O–H groups in total. The summed E-state index contributed by atoms with van der Waals surface area (Å²) >= 11 is 0. The predicted molar refractivity (Wildman–Crippen MR) is 82.5 cm³/mol. The van der Waals surface area contributed by atoms with Crippen LogP contribution >= 0.6 is 0 Å². The van der Waals surface area contributed by atoms with Crippen LogP contribution in [-0.2, 0) is 5.41 Å². The summed E-state index contributed by atoms with van der Waals surface area (Å²) in [5.41, 5.74) is 3.08. The lowest BCUT2D eigenvalue weighted by molar-refractivity contribution is 0.465. The molecule has 102 valence electrons. The lowest BCUT2D eigenvalue weighted by atomic mass is 9.87. The standard InChI is InChI=1S/C17H29N/c1-13(2)18(17(6,7)8)15-11-9-14(10-12-15)16(3,4)5/h9-13H,1-8H3. The lowest BCUT2D eigenvalue weighted by Crippen LogP contribution is -2.46. The third-order valence-electron chi connectivity index (χ3n) is 3.25. The van der Waals surface area contributed by atoms with Crippen molar-refractivity contribution < 1.29 is 0 Å². The van der Waals surface area contributed by atoms with Gasteiger partial charge in [-0.3, -0.25) is 0 Å². The minimum absolute atomic E-state index is 0.150. The third-order valence-corrected chi connectivity index (χ3v) is 3.25. The van der Waals surface area contributed by atoms with Crippen LogP contribution in [-0.4, -0.2) is 11.6 Å². The summed E-state index contributed by atoms with van der Waals surface area (Å²) in [4.78, 5) is 2.47. The summed E-state index contributed by atoms with van der Waals surface area (Å²) in [6, 6.07) is 9.54. The molecule has 0 saturated carbocycles. The molecule has 1 aromatic rings. The van der Waals surface area contributed by atoms with Crippen molar-refractivity contribution in [3.05, 3.63) is 29.8 Å². The van der Waals surface area contributed by atoms with Gasteiger partial charge in [-0.2, -0.15) is 0 Å². The second-order valence-electron chi connectivity index (χ2n) is 7.43. The van der Waals surface area contributed by atoms with Gasteiger partial charge >= 0.3 is 0 Å². The van der Waals surface area contributed by atoms with E-state index in [4.69, 9.17) is 0 Å². The van der Waals surface area contributed by atoms with E-state index in [0.29, 0.717) is 6.04 Å². The summed E-state index contributed by atoms with van der Waals surface area (Å²) in [6.45, 7) is 18.1. The smallest absolute Gasteiger partial charge is 0.0373 e. The molecule has 1 nitrogen and oxygen atoms in total. The molecule has 0 atom stereocenters. The number of nitrogens with zero attached hydrogens (tertiary/aromatic N) is 1. The molecule has 0 spiro atoms. The largest absolute Gasteiger partial charge is 0.364 e. The van der Waals surface area contributed by atoms with Crippen LogP contribution in [0.15, 0.2) is 24.3 Å². The van der Waals surface area contributed by atoms with Crippen LogP contribution in [0.25, 0.3) is 0 Å². The normalized spacial score (nSPS) is 12.9. The molecular weight excluding hydrogens is 218 g/mol. The Morgan fingerprint density at radius 2 is 1.28 bits per heavy atom. The first-order chi connectivity index (χ1) is 8.03. The monoisotopic (exact) mass is 247 g/mol. The van der Waals surface area contributed by atoms with E-state index in [1.165, 1.54) is 11.3 Å². The molecule has 0 aliphatic heterocycles. The van der Waals surface area contributed by atoms with Crippen molar-refractivity contribution in [2.45, 2.75) is 72.4 Å². The Balaban J connectivity index is 3.10. The number of anilines is 1. The van der Waals surface area contributed by atoms with E-state index in [9.17, 15) is 0 Å². The highest BCUT2D eigenvalue weighted by molar-refractivity contribution is 5.51. The number of benzene rings is 1. The Hall–Kier alpha value is -0.980. The van der Waals surface area contributed by atoms with Crippen LogP contribution in [0.2, 0.25) is 0 Å². The summed E-state index contributed by atoms with van der Waals surface area (Å²) in [7, 11) is 0. The Morgan fingerprint density at radius 1 is 0.833 bits per heavy atom. The van der Waals surface area contributed by atoms with Crippen molar-refractivity contribution >= 4 is 5.69 Å². The zero-order chi connectivity index (χ0) is 14.1. The lowest BCUT2D eigenvalue weighted by Gasteiger charge is -2.41. The molecule has 0 bridgehead atoms. The molecule has 0 fully saturated rings. The summed E-state index contributed by atoms with van der Waals surface area (Å²) < 4.78 is 0. The molecule has 0 aromatic heterocycles. The molecule has 1 rings (SSSR count). The van der Waals surface area contributed by atoms with Crippen LogP contribution < -0.4 is 4.90 Å². The van der Waals surface area contributed by atoms with Crippen LogP contribution in [0.4, 0.5) is 5.69 Å². The molecule has 0 heterocycles. The van der Waals surface area contributed by atoms with Gasteiger partial charge in [-0.05, 0) is 57.7 Å². The zero-order valence-corrected chi connectivity index (χ0v) is 13.3. The van der Waals surface area contributed by atoms with Crippen molar-refractivity contribution in [3.63, 3.8) is 0 Å². The van der Waals surface area contributed by atoms with Crippen molar-refractivity contribution in [2.24, 2.45) is 0 Å². The minimum Gasteiger partial charge on any atom is -0.364 e. The van der Waals surface area contributed by atoms with Crippen molar-refractivity contribution in [1.29, 1.82) is 0 Å². The van der Waals surface area contributed by atoms with Gasteiger partial charge in [-0.25, -0.2) is 0 Å². The van der Waals surface area contributed by atoms with E-state index in [1.54, 1.807) is 0 Å². The predicted octanol–water partition coefficient (Wildman–Crippen LogP) is 5.00. The molecule has 0 saturated heterocycles. The van der Waals surface area contributed by atoms with E-state index in [2.05, 4.69) is 84.6 Å². The van der Waals surface area contributed by atoms with Gasteiger partial charge in [0.15, 0.2) is 0 Å². The Bertz CT molecular complexity index is 374. The fourth-order valence-corrected chi connectivity index (χ4v) is 2.58. The molecule has 0 aliphatic rings. The number of hydrogen-bond acceptors (Lipinski definition) is 1. The highest BCUT2D eigenvalue weighted by Gasteiger charge is 2.24. The van der Waals surface area contributed by atoms with Crippen LogP contribution in [0.1, 0.15) is 61.0 Å². The second-order valence-corrected chi connectivity index (χ2v) is 7.43. The first-order valence-corrected chi connectivity index (χ1v) is 6.93. The van der Waals surface area contributed by atoms with E-state index in [0.717, 1.165) is 0 Å². The van der Waals surface area contributed by atoms with Crippen molar-refractivity contribution in [3.8, 4) is 0 Å². The maximum absolute atomic E-state index is 2.47. The molecule has 0 amide bonds. The van der Waals surface area contributed by atoms with Gasteiger partial charge in [0.25, 0.3) is 0 Å². The molecular formula is C17H29N. The fourth-order valence-electron chi connectivity index (χ4n) is 2.58. The first-order valence-electron chi connectivity index (χ1n) is 6.93. The summed E-state index contributed by atoms with van der Waals surface area (Å²) in [6.07, 6.45) is 0. The maximum atomic E-state index is 2.47. The second kappa shape index (κ2) is 4.95. The highest BCUT2D eigenvalue weighted by atomic mass is 15.2. The topological polar surface area (TPSA) is 3.24 Å². The Morgan fingerprint density at radius 3 is 1.56 bits per heavy atom.